The Balaban J connectivity index is 1.85. The van der Waals surface area contributed by atoms with Crippen molar-refractivity contribution in [3.8, 4) is 0 Å². The summed E-state index contributed by atoms with van der Waals surface area (Å²) < 4.78 is 0. The molecule has 2 heterocycles. The fourth-order valence-electron chi connectivity index (χ4n) is 2.01. The molecule has 0 fully saturated rings. The molecule has 1 aromatic carbocycles. The van der Waals surface area contributed by atoms with Gasteiger partial charge in [0.2, 0.25) is 0 Å². The van der Waals surface area contributed by atoms with Crippen LogP contribution in [0.2, 0.25) is 0 Å². The van der Waals surface area contributed by atoms with Crippen molar-refractivity contribution in [1.82, 2.24) is 15.0 Å². The quantitative estimate of drug-likeness (QED) is 0.775. The molecule has 3 rings (SSSR count). The third-order valence-corrected chi connectivity index (χ3v) is 2.98. The maximum Gasteiger partial charge on any atom is 0.0907 e. The summed E-state index contributed by atoms with van der Waals surface area (Å²) in [5.41, 5.74) is 3.83. The van der Waals surface area contributed by atoms with Crippen LogP contribution >= 0.6 is 0 Å². The Morgan fingerprint density at radius 1 is 0.895 bits per heavy atom. The minimum atomic E-state index is 0.148. The van der Waals surface area contributed by atoms with Crippen molar-refractivity contribution in [2.75, 3.05) is 5.32 Å². The van der Waals surface area contributed by atoms with Gasteiger partial charge in [0.1, 0.15) is 0 Å². The number of hydrogen-bond acceptors (Lipinski definition) is 4. The Hall–Kier alpha value is -2.49. The summed E-state index contributed by atoms with van der Waals surface area (Å²) in [6, 6.07) is 12.1. The fraction of sp³-hybridized carbons (Fsp3) is 0.133. The van der Waals surface area contributed by atoms with Gasteiger partial charge >= 0.3 is 0 Å². The molecule has 0 spiro atoms. The van der Waals surface area contributed by atoms with E-state index >= 15 is 0 Å². The van der Waals surface area contributed by atoms with Gasteiger partial charge in [-0.15, -0.1) is 0 Å². The molecule has 0 radical (unpaired) electrons. The van der Waals surface area contributed by atoms with Gasteiger partial charge in [-0.05, 0) is 37.3 Å². The average Bonchev–Trinajstić information content (AvgIpc) is 2.48. The highest BCUT2D eigenvalue weighted by atomic mass is 14.9. The summed E-state index contributed by atoms with van der Waals surface area (Å²) in [6.07, 6.45) is 5.21. The monoisotopic (exact) mass is 250 g/mol. The van der Waals surface area contributed by atoms with Crippen molar-refractivity contribution in [2.45, 2.75) is 13.0 Å². The second-order valence-corrected chi connectivity index (χ2v) is 4.38. The molecule has 94 valence electrons. The number of nitrogens with zero attached hydrogens (tertiary/aromatic N) is 3. The van der Waals surface area contributed by atoms with E-state index in [1.165, 1.54) is 0 Å². The predicted octanol–water partition coefficient (Wildman–Crippen LogP) is 3.20. The largest absolute Gasteiger partial charge is 0.377 e. The van der Waals surface area contributed by atoms with Crippen LogP contribution in [-0.4, -0.2) is 15.0 Å². The Morgan fingerprint density at radius 2 is 1.74 bits per heavy atom. The number of pyridine rings is 1. The molecule has 3 aromatic rings. The first kappa shape index (κ1) is 11.6. The average molecular weight is 250 g/mol. The van der Waals surface area contributed by atoms with Gasteiger partial charge < -0.3 is 5.32 Å². The van der Waals surface area contributed by atoms with E-state index in [0.717, 1.165) is 22.4 Å². The smallest absolute Gasteiger partial charge is 0.0907 e. The zero-order valence-electron chi connectivity index (χ0n) is 10.6. The lowest BCUT2D eigenvalue weighted by Crippen LogP contribution is -2.08. The van der Waals surface area contributed by atoms with Crippen LogP contribution in [0.25, 0.3) is 11.0 Å². The number of anilines is 1. The van der Waals surface area contributed by atoms with E-state index in [1.807, 2.05) is 36.4 Å². The van der Waals surface area contributed by atoms with Crippen LogP contribution in [0, 0.1) is 0 Å². The Bertz CT molecular complexity index is 682. The Labute approximate surface area is 111 Å². The van der Waals surface area contributed by atoms with Gasteiger partial charge in [-0.1, -0.05) is 6.07 Å². The van der Waals surface area contributed by atoms with Crippen LogP contribution in [0.4, 0.5) is 5.69 Å². The summed E-state index contributed by atoms with van der Waals surface area (Å²) in [5, 5.41) is 3.42. The molecule has 0 aliphatic rings. The van der Waals surface area contributed by atoms with Gasteiger partial charge in [0.15, 0.2) is 0 Å². The molecule has 19 heavy (non-hydrogen) atoms. The van der Waals surface area contributed by atoms with E-state index in [-0.39, 0.29) is 6.04 Å². The zero-order valence-corrected chi connectivity index (χ0v) is 10.6. The summed E-state index contributed by atoms with van der Waals surface area (Å²) in [7, 11) is 0. The minimum absolute atomic E-state index is 0.148. The highest BCUT2D eigenvalue weighted by Crippen LogP contribution is 2.20. The third kappa shape index (κ3) is 2.52. The normalized spacial score (nSPS) is 12.3. The number of nitrogens with one attached hydrogen (secondary N) is 1. The highest BCUT2D eigenvalue weighted by Gasteiger charge is 2.06. The number of fused-ring (bicyclic) bond motifs is 1. The lowest BCUT2D eigenvalue weighted by atomic mass is 10.2. The van der Waals surface area contributed by atoms with E-state index in [9.17, 15) is 0 Å². The predicted molar refractivity (Wildman–Crippen MR) is 75.8 cm³/mol. The molecular weight excluding hydrogens is 236 g/mol. The van der Waals surface area contributed by atoms with E-state index < -0.39 is 0 Å². The van der Waals surface area contributed by atoms with Gasteiger partial charge in [0, 0.05) is 24.3 Å². The van der Waals surface area contributed by atoms with Crippen molar-refractivity contribution in [3.05, 3.63) is 60.7 Å². The minimum Gasteiger partial charge on any atom is -0.377 e. The van der Waals surface area contributed by atoms with Gasteiger partial charge in [0.25, 0.3) is 0 Å². The lowest BCUT2D eigenvalue weighted by molar-refractivity contribution is 0.840. The summed E-state index contributed by atoms with van der Waals surface area (Å²) in [6.45, 7) is 2.09. The molecule has 2 aromatic heterocycles. The molecule has 1 atom stereocenters. The van der Waals surface area contributed by atoms with Crippen LogP contribution in [-0.2, 0) is 0 Å². The molecule has 0 aliphatic heterocycles. The van der Waals surface area contributed by atoms with Gasteiger partial charge in [-0.25, -0.2) is 0 Å². The van der Waals surface area contributed by atoms with Crippen LogP contribution in [0.3, 0.4) is 0 Å². The van der Waals surface area contributed by atoms with Crippen LogP contribution in [0.5, 0.6) is 0 Å². The SMILES string of the molecule is CC(Nc1ccc2nccnc2c1)c1ccccn1. The van der Waals surface area contributed by atoms with Gasteiger partial charge in [-0.2, -0.15) is 0 Å². The van der Waals surface area contributed by atoms with E-state index in [1.54, 1.807) is 18.6 Å². The topological polar surface area (TPSA) is 50.7 Å². The lowest BCUT2D eigenvalue weighted by Gasteiger charge is -2.14. The second kappa shape index (κ2) is 5.02. The molecule has 0 saturated heterocycles. The molecule has 0 aliphatic carbocycles. The van der Waals surface area contributed by atoms with Crippen LogP contribution in [0.1, 0.15) is 18.7 Å². The van der Waals surface area contributed by atoms with Crippen molar-refractivity contribution in [1.29, 1.82) is 0 Å². The van der Waals surface area contributed by atoms with Crippen LogP contribution < -0.4 is 5.32 Å². The summed E-state index contributed by atoms with van der Waals surface area (Å²) in [5.74, 6) is 0. The Kier molecular flexibility index (Phi) is 3.06. The number of hydrogen-bond donors (Lipinski definition) is 1. The van der Waals surface area contributed by atoms with E-state index in [0.29, 0.717) is 0 Å². The molecule has 0 bridgehead atoms. The van der Waals surface area contributed by atoms with E-state index in [2.05, 4.69) is 27.2 Å². The van der Waals surface area contributed by atoms with Crippen molar-refractivity contribution in [3.63, 3.8) is 0 Å². The maximum atomic E-state index is 4.35. The molecule has 4 heteroatoms. The fourth-order valence-corrected chi connectivity index (χ4v) is 2.01. The van der Waals surface area contributed by atoms with Gasteiger partial charge in [-0.3, -0.25) is 15.0 Å². The van der Waals surface area contributed by atoms with Crippen molar-refractivity contribution in [2.24, 2.45) is 0 Å². The maximum absolute atomic E-state index is 4.35. The first-order valence-corrected chi connectivity index (χ1v) is 6.21. The first-order chi connectivity index (χ1) is 9.33. The standard InChI is InChI=1S/C15H14N4/c1-11(13-4-2-3-7-16-13)19-12-5-6-14-15(10-12)18-9-8-17-14/h2-11,19H,1H3. The summed E-state index contributed by atoms with van der Waals surface area (Å²) in [4.78, 5) is 12.9. The molecule has 0 saturated carbocycles. The molecular formula is C15H14N4. The van der Waals surface area contributed by atoms with Crippen molar-refractivity contribution < 1.29 is 0 Å². The number of rotatable bonds is 3. The molecule has 1 unspecified atom stereocenters. The number of aromatic nitrogens is 3. The molecule has 1 N–H and O–H groups in total. The van der Waals surface area contributed by atoms with Crippen molar-refractivity contribution >= 4 is 16.7 Å². The zero-order chi connectivity index (χ0) is 13.1. The third-order valence-electron chi connectivity index (χ3n) is 2.98. The van der Waals surface area contributed by atoms with Gasteiger partial charge in [0.05, 0.1) is 22.8 Å². The first-order valence-electron chi connectivity index (χ1n) is 6.21. The molecule has 4 nitrogen and oxygen atoms in total. The van der Waals surface area contributed by atoms with E-state index in [4.69, 9.17) is 0 Å². The summed E-state index contributed by atoms with van der Waals surface area (Å²) >= 11 is 0. The Morgan fingerprint density at radius 3 is 2.53 bits per heavy atom. The number of benzene rings is 1. The highest BCUT2D eigenvalue weighted by molar-refractivity contribution is 5.78. The second-order valence-electron chi connectivity index (χ2n) is 4.38. The van der Waals surface area contributed by atoms with Crippen LogP contribution in [0.15, 0.2) is 55.0 Å². The molecule has 0 amide bonds.